The summed E-state index contributed by atoms with van der Waals surface area (Å²) in [6.07, 6.45) is 0. The Morgan fingerprint density at radius 1 is 1.05 bits per heavy atom. The third-order valence-corrected chi connectivity index (χ3v) is 3.46. The second-order valence-electron chi connectivity index (χ2n) is 3.95. The van der Waals surface area contributed by atoms with E-state index in [-0.39, 0.29) is 0 Å². The highest BCUT2D eigenvalue weighted by atomic mass is 32.2. The number of thioether (sulfide) groups is 1. The molecule has 1 amide bonds. The lowest BCUT2D eigenvalue weighted by molar-refractivity contribution is -0.123. The van der Waals surface area contributed by atoms with Gasteiger partial charge in [-0.2, -0.15) is 0 Å². The van der Waals surface area contributed by atoms with E-state index in [1.807, 2.05) is 48.5 Å². The van der Waals surface area contributed by atoms with Crippen LogP contribution in [0.2, 0.25) is 0 Å². The van der Waals surface area contributed by atoms with Crippen molar-refractivity contribution in [2.45, 2.75) is 16.9 Å². The van der Waals surface area contributed by atoms with E-state index in [2.05, 4.69) is 5.32 Å². The molecule has 0 spiro atoms. The van der Waals surface area contributed by atoms with Crippen LogP contribution in [0, 0.1) is 0 Å². The Labute approximate surface area is 116 Å². The van der Waals surface area contributed by atoms with Crippen LogP contribution in [0.25, 0.3) is 0 Å². The summed E-state index contributed by atoms with van der Waals surface area (Å²) >= 11 is 0.908. The van der Waals surface area contributed by atoms with Crippen LogP contribution < -0.4 is 5.32 Å². The van der Waals surface area contributed by atoms with E-state index >= 15 is 0 Å². The summed E-state index contributed by atoms with van der Waals surface area (Å²) in [6.45, 7) is 0.343. The van der Waals surface area contributed by atoms with Crippen molar-refractivity contribution >= 4 is 17.7 Å². The summed E-state index contributed by atoms with van der Waals surface area (Å²) in [7, 11) is 0. The Morgan fingerprint density at radius 3 is 2.26 bits per heavy atom. The Kier molecular flexibility index (Phi) is 4.98. The van der Waals surface area contributed by atoms with Crippen molar-refractivity contribution in [1.29, 1.82) is 0 Å². The van der Waals surface area contributed by atoms with E-state index in [0.29, 0.717) is 6.54 Å². The van der Waals surface area contributed by atoms with Gasteiger partial charge >= 0.3 is 0 Å². The van der Waals surface area contributed by atoms with Crippen LogP contribution in [0.3, 0.4) is 0 Å². The highest BCUT2D eigenvalue weighted by Crippen LogP contribution is 2.23. The molecule has 1 N–H and O–H groups in total. The van der Waals surface area contributed by atoms with Crippen LogP contribution in [0.5, 0.6) is 0 Å². The minimum atomic E-state index is -1.59. The van der Waals surface area contributed by atoms with Crippen molar-refractivity contribution in [3.63, 3.8) is 0 Å². The number of hydrogen-bond acceptors (Lipinski definition) is 2. The molecule has 1 unspecified atom stereocenters. The first kappa shape index (κ1) is 13.6. The van der Waals surface area contributed by atoms with E-state index in [1.165, 1.54) is 0 Å². The van der Waals surface area contributed by atoms with Gasteiger partial charge in [0.05, 0.1) is 0 Å². The smallest absolute Gasteiger partial charge is 0.265 e. The molecule has 0 aliphatic rings. The fourth-order valence-electron chi connectivity index (χ4n) is 1.54. The average molecular weight is 275 g/mol. The number of benzene rings is 2. The van der Waals surface area contributed by atoms with Crippen molar-refractivity contribution in [3.8, 4) is 0 Å². The van der Waals surface area contributed by atoms with Crippen LogP contribution in [0.4, 0.5) is 4.39 Å². The number of carbonyl (C=O) groups is 1. The zero-order valence-corrected chi connectivity index (χ0v) is 11.1. The van der Waals surface area contributed by atoms with Gasteiger partial charge in [-0.25, -0.2) is 4.39 Å². The zero-order valence-electron chi connectivity index (χ0n) is 10.3. The van der Waals surface area contributed by atoms with Gasteiger partial charge in [0.1, 0.15) is 0 Å². The van der Waals surface area contributed by atoms with Gasteiger partial charge in [0.25, 0.3) is 5.91 Å². The fraction of sp³-hybridized carbons (Fsp3) is 0.133. The van der Waals surface area contributed by atoms with Crippen molar-refractivity contribution in [3.05, 3.63) is 66.2 Å². The molecular weight excluding hydrogens is 261 g/mol. The Bertz CT molecular complexity index is 518. The second-order valence-corrected chi connectivity index (χ2v) is 5.07. The average Bonchev–Trinajstić information content (AvgIpc) is 2.47. The molecule has 0 saturated heterocycles. The van der Waals surface area contributed by atoms with Crippen LogP contribution in [0.15, 0.2) is 65.6 Å². The first-order valence-corrected chi connectivity index (χ1v) is 6.81. The molecule has 2 aromatic carbocycles. The van der Waals surface area contributed by atoms with Gasteiger partial charge in [0, 0.05) is 11.4 Å². The van der Waals surface area contributed by atoms with Crippen molar-refractivity contribution in [2.24, 2.45) is 0 Å². The number of hydrogen-bond donors (Lipinski definition) is 1. The first-order chi connectivity index (χ1) is 9.25. The molecule has 19 heavy (non-hydrogen) atoms. The highest BCUT2D eigenvalue weighted by molar-refractivity contribution is 8.00. The minimum absolute atomic E-state index is 0.343. The maximum atomic E-state index is 13.7. The number of rotatable bonds is 5. The van der Waals surface area contributed by atoms with Crippen LogP contribution >= 0.6 is 11.8 Å². The van der Waals surface area contributed by atoms with Crippen LogP contribution in [-0.2, 0) is 11.3 Å². The normalized spacial score (nSPS) is 11.8. The summed E-state index contributed by atoms with van der Waals surface area (Å²) in [6, 6.07) is 18.5. The molecule has 98 valence electrons. The summed E-state index contributed by atoms with van der Waals surface area (Å²) in [5, 5.41) is 2.58. The van der Waals surface area contributed by atoms with Gasteiger partial charge in [-0.15, -0.1) is 0 Å². The van der Waals surface area contributed by atoms with Crippen molar-refractivity contribution in [1.82, 2.24) is 5.32 Å². The van der Waals surface area contributed by atoms with E-state index in [4.69, 9.17) is 0 Å². The summed E-state index contributed by atoms with van der Waals surface area (Å²) in [4.78, 5) is 12.4. The van der Waals surface area contributed by atoms with Gasteiger partial charge in [-0.1, -0.05) is 60.3 Å². The Hall–Kier alpha value is -1.81. The molecule has 0 fully saturated rings. The molecule has 0 aromatic heterocycles. The lowest BCUT2D eigenvalue weighted by atomic mass is 10.2. The first-order valence-electron chi connectivity index (χ1n) is 5.93. The molecule has 0 radical (unpaired) electrons. The summed E-state index contributed by atoms with van der Waals surface area (Å²) in [5.74, 6) is -0.599. The van der Waals surface area contributed by atoms with E-state index < -0.39 is 11.4 Å². The molecule has 2 nitrogen and oxygen atoms in total. The molecule has 2 rings (SSSR count). The number of carbonyl (C=O) groups excluding carboxylic acids is 1. The maximum Gasteiger partial charge on any atom is 0.265 e. The molecule has 4 heteroatoms. The minimum Gasteiger partial charge on any atom is -0.349 e. The van der Waals surface area contributed by atoms with Crippen LogP contribution in [-0.4, -0.2) is 11.4 Å². The predicted molar refractivity (Wildman–Crippen MR) is 75.5 cm³/mol. The van der Waals surface area contributed by atoms with Crippen molar-refractivity contribution in [2.75, 3.05) is 0 Å². The fourth-order valence-corrected chi connectivity index (χ4v) is 2.28. The summed E-state index contributed by atoms with van der Waals surface area (Å²) in [5.41, 5.74) is -0.640. The standard InChI is InChI=1S/C15H14FNOS/c16-14(19-13-9-5-2-6-10-13)15(18)17-11-12-7-3-1-4-8-12/h1-10,14H,11H2,(H,17,18). The van der Waals surface area contributed by atoms with E-state index in [1.54, 1.807) is 12.1 Å². The highest BCUT2D eigenvalue weighted by Gasteiger charge is 2.17. The second kappa shape index (κ2) is 6.95. The van der Waals surface area contributed by atoms with Gasteiger partial charge in [0.2, 0.25) is 5.50 Å². The Morgan fingerprint density at radius 2 is 1.63 bits per heavy atom. The number of alkyl halides is 1. The molecule has 0 heterocycles. The Balaban J connectivity index is 1.83. The zero-order chi connectivity index (χ0) is 13.5. The van der Waals surface area contributed by atoms with E-state index in [0.717, 1.165) is 22.2 Å². The molecule has 0 bridgehead atoms. The lowest BCUT2D eigenvalue weighted by Gasteiger charge is -2.09. The summed E-state index contributed by atoms with van der Waals surface area (Å²) < 4.78 is 13.7. The van der Waals surface area contributed by atoms with Crippen LogP contribution in [0.1, 0.15) is 5.56 Å². The van der Waals surface area contributed by atoms with Gasteiger partial charge in [-0.05, 0) is 17.7 Å². The van der Waals surface area contributed by atoms with Gasteiger partial charge in [0.15, 0.2) is 0 Å². The third kappa shape index (κ3) is 4.41. The monoisotopic (exact) mass is 275 g/mol. The molecule has 0 saturated carbocycles. The lowest BCUT2D eigenvalue weighted by Crippen LogP contribution is -2.29. The molecule has 1 atom stereocenters. The largest absolute Gasteiger partial charge is 0.349 e. The number of halogens is 1. The number of nitrogens with one attached hydrogen (secondary N) is 1. The predicted octanol–water partition coefficient (Wildman–Crippen LogP) is 3.39. The van der Waals surface area contributed by atoms with Crippen molar-refractivity contribution < 1.29 is 9.18 Å². The van der Waals surface area contributed by atoms with E-state index in [9.17, 15) is 9.18 Å². The molecule has 0 aliphatic carbocycles. The quantitative estimate of drug-likeness (QED) is 0.847. The molecule has 0 aliphatic heterocycles. The maximum absolute atomic E-state index is 13.7. The molecule has 2 aromatic rings. The SMILES string of the molecule is O=C(NCc1ccccc1)C(F)Sc1ccccc1. The third-order valence-electron chi connectivity index (χ3n) is 2.50. The topological polar surface area (TPSA) is 29.1 Å². The number of amides is 1. The van der Waals surface area contributed by atoms with Gasteiger partial charge in [-0.3, -0.25) is 4.79 Å². The molecular formula is C15H14FNOS. The van der Waals surface area contributed by atoms with Gasteiger partial charge < -0.3 is 5.32 Å².